The summed E-state index contributed by atoms with van der Waals surface area (Å²) in [6.45, 7) is 2.53. The molecule has 2 saturated heterocycles. The quantitative estimate of drug-likeness (QED) is 0.686. The van der Waals surface area contributed by atoms with Gasteiger partial charge in [0.1, 0.15) is 12.3 Å². The second-order valence-corrected chi connectivity index (χ2v) is 4.44. The second kappa shape index (κ2) is 3.96. The van der Waals surface area contributed by atoms with Gasteiger partial charge in [-0.1, -0.05) is 0 Å². The molecule has 2 rings (SSSR count). The van der Waals surface area contributed by atoms with Gasteiger partial charge in [0.05, 0.1) is 6.54 Å². The van der Waals surface area contributed by atoms with Crippen LogP contribution in [0.4, 0.5) is 9.18 Å². The Balaban J connectivity index is 1.90. The van der Waals surface area contributed by atoms with Crippen LogP contribution in [0.2, 0.25) is 0 Å². The van der Waals surface area contributed by atoms with E-state index in [9.17, 15) is 9.18 Å². The number of carbonyl (C=O) groups excluding carboxylic acids is 1. The molecule has 2 aliphatic heterocycles. The van der Waals surface area contributed by atoms with E-state index in [-0.39, 0.29) is 18.4 Å². The van der Waals surface area contributed by atoms with Crippen molar-refractivity contribution in [2.24, 2.45) is 0 Å². The van der Waals surface area contributed by atoms with Crippen molar-refractivity contribution >= 4 is 6.09 Å². The number of rotatable bonds is 2. The van der Waals surface area contributed by atoms with Crippen LogP contribution in [0.1, 0.15) is 12.8 Å². The van der Waals surface area contributed by atoms with E-state index in [4.69, 9.17) is 4.74 Å². The Hall–Kier alpha value is -0.840. The standard InChI is InChI=1S/C10H17FN2O2/c1-12-8-10(15-9(12)14)2-5-13(6-3-10)7-4-11/h2-8H2,1H3. The molecule has 5 heteroatoms. The lowest BCUT2D eigenvalue weighted by molar-refractivity contribution is -0.000301. The van der Waals surface area contributed by atoms with Crippen LogP contribution in [-0.4, -0.2) is 61.4 Å². The fraction of sp³-hybridized carbons (Fsp3) is 0.900. The molecular weight excluding hydrogens is 199 g/mol. The van der Waals surface area contributed by atoms with Gasteiger partial charge in [0.2, 0.25) is 0 Å². The number of hydrogen-bond donors (Lipinski definition) is 0. The lowest BCUT2D eigenvalue weighted by Gasteiger charge is -2.36. The molecule has 2 heterocycles. The van der Waals surface area contributed by atoms with Crippen LogP contribution in [0.3, 0.4) is 0 Å². The second-order valence-electron chi connectivity index (χ2n) is 4.44. The highest BCUT2D eigenvalue weighted by atomic mass is 19.1. The Bertz CT molecular complexity index is 252. The summed E-state index contributed by atoms with van der Waals surface area (Å²) < 4.78 is 17.5. The van der Waals surface area contributed by atoms with Gasteiger partial charge in [-0.25, -0.2) is 9.18 Å². The third-order valence-electron chi connectivity index (χ3n) is 3.31. The average molecular weight is 216 g/mol. The van der Waals surface area contributed by atoms with Gasteiger partial charge in [-0.2, -0.15) is 0 Å². The van der Waals surface area contributed by atoms with Crippen LogP contribution in [0.5, 0.6) is 0 Å². The number of likely N-dealkylation sites (tertiary alicyclic amines) is 1. The van der Waals surface area contributed by atoms with Crippen molar-refractivity contribution in [2.75, 3.05) is 39.9 Å². The summed E-state index contributed by atoms with van der Waals surface area (Å²) >= 11 is 0. The van der Waals surface area contributed by atoms with Crippen molar-refractivity contribution < 1.29 is 13.9 Å². The predicted molar refractivity (Wildman–Crippen MR) is 53.5 cm³/mol. The van der Waals surface area contributed by atoms with Crippen molar-refractivity contribution in [3.8, 4) is 0 Å². The molecule has 1 amide bonds. The highest BCUT2D eigenvalue weighted by Crippen LogP contribution is 2.32. The molecule has 0 aromatic heterocycles. The van der Waals surface area contributed by atoms with Gasteiger partial charge >= 0.3 is 6.09 Å². The largest absolute Gasteiger partial charge is 0.441 e. The van der Waals surface area contributed by atoms with E-state index in [0.717, 1.165) is 25.9 Å². The summed E-state index contributed by atoms with van der Waals surface area (Å²) in [7, 11) is 1.75. The molecule has 0 bridgehead atoms. The van der Waals surface area contributed by atoms with Crippen molar-refractivity contribution in [3.63, 3.8) is 0 Å². The topological polar surface area (TPSA) is 32.8 Å². The molecule has 2 fully saturated rings. The number of carbonyl (C=O) groups is 1. The van der Waals surface area contributed by atoms with Crippen LogP contribution in [0.25, 0.3) is 0 Å². The summed E-state index contributed by atoms with van der Waals surface area (Å²) in [5.41, 5.74) is -0.293. The van der Waals surface area contributed by atoms with Crippen molar-refractivity contribution in [1.29, 1.82) is 0 Å². The number of likely N-dealkylation sites (N-methyl/N-ethyl adjacent to an activating group) is 1. The Morgan fingerprint density at radius 2 is 2.13 bits per heavy atom. The summed E-state index contributed by atoms with van der Waals surface area (Å²) in [6.07, 6.45) is 1.42. The maximum Gasteiger partial charge on any atom is 0.410 e. The summed E-state index contributed by atoms with van der Waals surface area (Å²) in [5.74, 6) is 0. The Kier molecular flexibility index (Phi) is 2.82. The van der Waals surface area contributed by atoms with E-state index >= 15 is 0 Å². The van der Waals surface area contributed by atoms with E-state index in [0.29, 0.717) is 13.1 Å². The lowest BCUT2D eigenvalue weighted by atomic mass is 9.91. The zero-order valence-electron chi connectivity index (χ0n) is 9.04. The highest BCUT2D eigenvalue weighted by Gasteiger charge is 2.45. The number of alkyl halides is 1. The van der Waals surface area contributed by atoms with E-state index in [1.54, 1.807) is 11.9 Å². The summed E-state index contributed by atoms with van der Waals surface area (Å²) in [6, 6.07) is 0. The molecule has 15 heavy (non-hydrogen) atoms. The van der Waals surface area contributed by atoms with E-state index in [1.165, 1.54) is 0 Å². The van der Waals surface area contributed by atoms with Crippen molar-refractivity contribution in [2.45, 2.75) is 18.4 Å². The van der Waals surface area contributed by atoms with Gasteiger partial charge in [0, 0.05) is 39.5 Å². The first-order chi connectivity index (χ1) is 7.15. The van der Waals surface area contributed by atoms with Crippen molar-refractivity contribution in [1.82, 2.24) is 9.80 Å². The third kappa shape index (κ3) is 2.07. The minimum atomic E-state index is -0.299. The Labute approximate surface area is 89.0 Å². The maximum atomic E-state index is 12.1. The first-order valence-corrected chi connectivity index (χ1v) is 5.38. The number of piperidine rings is 1. The molecule has 0 aromatic rings. The normalized spacial score (nSPS) is 26.0. The minimum Gasteiger partial charge on any atom is -0.441 e. The number of hydrogen-bond acceptors (Lipinski definition) is 3. The fourth-order valence-corrected chi connectivity index (χ4v) is 2.36. The number of ether oxygens (including phenoxy) is 1. The lowest BCUT2D eigenvalue weighted by Crippen LogP contribution is -2.47. The van der Waals surface area contributed by atoms with Gasteiger partial charge in [-0.05, 0) is 0 Å². The monoisotopic (exact) mass is 216 g/mol. The van der Waals surface area contributed by atoms with Crippen LogP contribution in [-0.2, 0) is 4.74 Å². The number of nitrogens with zero attached hydrogens (tertiary/aromatic N) is 2. The molecule has 0 aliphatic carbocycles. The summed E-state index contributed by atoms with van der Waals surface area (Å²) in [4.78, 5) is 15.0. The van der Waals surface area contributed by atoms with E-state index < -0.39 is 0 Å². The SMILES string of the molecule is CN1CC2(CCN(CCF)CC2)OC1=O. The van der Waals surface area contributed by atoms with Crippen LogP contribution >= 0.6 is 0 Å². The number of halogens is 1. The predicted octanol–water partition coefficient (Wildman–Crippen LogP) is 0.872. The fourth-order valence-electron chi connectivity index (χ4n) is 2.36. The van der Waals surface area contributed by atoms with E-state index in [2.05, 4.69) is 4.90 Å². The van der Waals surface area contributed by atoms with Gasteiger partial charge in [0.15, 0.2) is 0 Å². The van der Waals surface area contributed by atoms with E-state index in [1.807, 2.05) is 0 Å². The molecule has 4 nitrogen and oxygen atoms in total. The number of amides is 1. The molecule has 2 aliphatic rings. The average Bonchev–Trinajstić information content (AvgIpc) is 2.47. The van der Waals surface area contributed by atoms with Crippen LogP contribution in [0.15, 0.2) is 0 Å². The Morgan fingerprint density at radius 3 is 2.60 bits per heavy atom. The molecule has 0 N–H and O–H groups in total. The summed E-state index contributed by atoms with van der Waals surface area (Å²) in [5, 5.41) is 0. The first kappa shape index (κ1) is 10.7. The smallest absolute Gasteiger partial charge is 0.410 e. The van der Waals surface area contributed by atoms with Crippen LogP contribution < -0.4 is 0 Å². The molecule has 1 spiro atoms. The molecule has 0 aromatic carbocycles. The van der Waals surface area contributed by atoms with Crippen LogP contribution in [0, 0.1) is 0 Å². The van der Waals surface area contributed by atoms with Gasteiger partial charge in [-0.15, -0.1) is 0 Å². The van der Waals surface area contributed by atoms with Gasteiger partial charge in [0.25, 0.3) is 0 Å². The first-order valence-electron chi connectivity index (χ1n) is 5.38. The Morgan fingerprint density at radius 1 is 1.47 bits per heavy atom. The van der Waals surface area contributed by atoms with Crippen molar-refractivity contribution in [3.05, 3.63) is 0 Å². The minimum absolute atomic E-state index is 0.228. The molecular formula is C10H17FN2O2. The molecule has 0 radical (unpaired) electrons. The van der Waals surface area contributed by atoms with Gasteiger partial charge < -0.3 is 14.5 Å². The molecule has 0 unspecified atom stereocenters. The zero-order chi connectivity index (χ0) is 10.9. The molecule has 0 saturated carbocycles. The zero-order valence-corrected chi connectivity index (χ0v) is 9.04. The molecule has 0 atom stereocenters. The highest BCUT2D eigenvalue weighted by molar-refractivity contribution is 5.70. The third-order valence-corrected chi connectivity index (χ3v) is 3.31. The molecule has 86 valence electrons. The van der Waals surface area contributed by atoms with Gasteiger partial charge in [-0.3, -0.25) is 0 Å². The maximum absolute atomic E-state index is 12.1.